The van der Waals surface area contributed by atoms with Gasteiger partial charge in [0.05, 0.1) is 0 Å². The highest BCUT2D eigenvalue weighted by Crippen LogP contribution is 2.33. The van der Waals surface area contributed by atoms with E-state index < -0.39 is 5.67 Å². The van der Waals surface area contributed by atoms with Crippen LogP contribution in [0, 0.1) is 5.92 Å². The van der Waals surface area contributed by atoms with Crippen LogP contribution >= 0.6 is 0 Å². The van der Waals surface area contributed by atoms with Crippen molar-refractivity contribution in [2.45, 2.75) is 172 Å². The van der Waals surface area contributed by atoms with Crippen LogP contribution in [0.2, 0.25) is 0 Å². The van der Waals surface area contributed by atoms with Crippen LogP contribution in [0.4, 0.5) is 4.39 Å². The van der Waals surface area contributed by atoms with Gasteiger partial charge in [-0.2, -0.15) is 0 Å². The zero-order chi connectivity index (χ0) is 25.3. The number of halogens is 1. The van der Waals surface area contributed by atoms with Crippen molar-refractivity contribution in [2.24, 2.45) is 5.92 Å². The Hall–Kier alpha value is -0.330. The summed E-state index contributed by atoms with van der Waals surface area (Å²) in [4.78, 5) is 0. The number of hydrogen-bond acceptors (Lipinski definition) is 0. The van der Waals surface area contributed by atoms with E-state index in [2.05, 4.69) is 47.8 Å². The molecule has 0 aromatic heterocycles. The Bertz CT molecular complexity index is 202. The number of unbranched alkanes of at least 4 members (excludes halogenated alkanes) is 2. The predicted octanol–water partition coefficient (Wildman–Crippen LogP) is 12.4. The molecule has 0 atom stereocenters. The van der Waals surface area contributed by atoms with Crippen molar-refractivity contribution in [1.82, 2.24) is 0 Å². The first-order valence-corrected chi connectivity index (χ1v) is 13.7. The van der Waals surface area contributed by atoms with Gasteiger partial charge in [0.2, 0.25) is 0 Å². The van der Waals surface area contributed by atoms with Crippen molar-refractivity contribution in [3.05, 3.63) is 13.2 Å². The molecule has 0 aromatic carbocycles. The minimum absolute atomic E-state index is 0.715. The molecule has 190 valence electrons. The van der Waals surface area contributed by atoms with Crippen LogP contribution in [0.5, 0.6) is 0 Å². The van der Waals surface area contributed by atoms with E-state index in [1.807, 2.05) is 48.5 Å². The van der Waals surface area contributed by atoms with Gasteiger partial charge >= 0.3 is 0 Å². The molecule has 1 fully saturated rings. The lowest BCUT2D eigenvalue weighted by Crippen LogP contribution is -2.24. The fourth-order valence-corrected chi connectivity index (χ4v) is 2.92. The summed E-state index contributed by atoms with van der Waals surface area (Å²) in [6, 6.07) is 0. The maximum Gasteiger partial charge on any atom is 0.110 e. The first kappa shape index (κ1) is 43.5. The lowest BCUT2D eigenvalue weighted by atomic mass is 9.85. The van der Waals surface area contributed by atoms with Gasteiger partial charge < -0.3 is 0 Å². The Kier molecular flexibility index (Phi) is 67.8. The average Bonchev–Trinajstić information content (AvgIpc) is 2.83. The second-order valence-electron chi connectivity index (χ2n) is 6.95. The maximum atomic E-state index is 13.3. The summed E-state index contributed by atoms with van der Waals surface area (Å²) in [6.07, 6.45) is 15.5. The molecule has 1 aliphatic carbocycles. The van der Waals surface area contributed by atoms with E-state index in [-0.39, 0.29) is 0 Å². The van der Waals surface area contributed by atoms with Crippen molar-refractivity contribution in [2.75, 3.05) is 0 Å². The molecule has 1 rings (SSSR count). The van der Waals surface area contributed by atoms with Gasteiger partial charge in [-0.05, 0) is 25.2 Å². The van der Waals surface area contributed by atoms with Crippen LogP contribution in [0.25, 0.3) is 0 Å². The molecular formula is C29H67F. The third kappa shape index (κ3) is 41.9. The molecule has 0 aromatic rings. The first-order chi connectivity index (χ1) is 14.5. The molecule has 1 aliphatic rings. The Labute approximate surface area is 195 Å². The highest BCUT2D eigenvalue weighted by molar-refractivity contribution is 4.80. The molecule has 0 N–H and O–H groups in total. The second-order valence-corrected chi connectivity index (χ2v) is 6.95. The predicted molar refractivity (Wildman–Crippen MR) is 147 cm³/mol. The molecule has 0 nitrogen and oxygen atoms in total. The van der Waals surface area contributed by atoms with Crippen LogP contribution < -0.4 is 0 Å². The summed E-state index contributed by atoms with van der Waals surface area (Å²) in [5.41, 5.74) is -0.780. The molecular weight excluding hydrogens is 367 g/mol. The molecule has 1 heteroatoms. The van der Waals surface area contributed by atoms with Gasteiger partial charge in [-0.15, -0.1) is 13.2 Å². The van der Waals surface area contributed by atoms with Gasteiger partial charge in [-0.3, -0.25) is 0 Å². The van der Waals surface area contributed by atoms with Crippen LogP contribution in [-0.4, -0.2) is 5.67 Å². The molecule has 0 aliphatic heterocycles. The highest BCUT2D eigenvalue weighted by atomic mass is 19.1. The zero-order valence-electron chi connectivity index (χ0n) is 24.1. The van der Waals surface area contributed by atoms with E-state index in [1.165, 1.54) is 51.4 Å². The summed E-state index contributed by atoms with van der Waals surface area (Å²) in [6.45, 7) is 31.1. The van der Waals surface area contributed by atoms with Gasteiger partial charge in [0.15, 0.2) is 0 Å². The smallest absolute Gasteiger partial charge is 0.110 e. The van der Waals surface area contributed by atoms with Gasteiger partial charge in [0, 0.05) is 0 Å². The van der Waals surface area contributed by atoms with Gasteiger partial charge in [-0.1, -0.05) is 147 Å². The normalized spacial score (nSPS) is 12.7. The van der Waals surface area contributed by atoms with E-state index in [1.54, 1.807) is 0 Å². The van der Waals surface area contributed by atoms with Crippen molar-refractivity contribution in [1.29, 1.82) is 0 Å². The fourth-order valence-electron chi connectivity index (χ4n) is 2.92. The Morgan fingerprint density at radius 1 is 0.700 bits per heavy atom. The molecule has 30 heavy (non-hydrogen) atoms. The van der Waals surface area contributed by atoms with Gasteiger partial charge in [0.25, 0.3) is 0 Å². The van der Waals surface area contributed by atoms with E-state index >= 15 is 0 Å². The number of hydrogen-bond donors (Lipinski definition) is 0. The third-order valence-electron chi connectivity index (χ3n) is 4.75. The summed E-state index contributed by atoms with van der Waals surface area (Å²) >= 11 is 0. The standard InChI is InChI=1S/C10H22.C8H15F.C3H8.3C2H6.C2H4/c1-4-7-8-9-10(5-2)6-3;1-2-8(9)6-4-3-5-7-8;1-3-2;4*1-2/h10H,4-9H2,1-3H3;2-7H2,1H3;3H2,1-2H3;3*1-2H3;1-2H2. The third-order valence-corrected chi connectivity index (χ3v) is 4.75. The number of alkyl halides is 1. The molecule has 0 radical (unpaired) electrons. The van der Waals surface area contributed by atoms with E-state index in [0.29, 0.717) is 6.42 Å². The average molecular weight is 435 g/mol. The Balaban J connectivity index is -0.0000000657. The van der Waals surface area contributed by atoms with Gasteiger partial charge in [-0.25, -0.2) is 4.39 Å². The summed E-state index contributed by atoms with van der Waals surface area (Å²) in [5.74, 6) is 1.01. The molecule has 0 saturated heterocycles. The largest absolute Gasteiger partial charge is 0.244 e. The lowest BCUT2D eigenvalue weighted by molar-refractivity contribution is 0.102. The molecule has 0 unspecified atom stereocenters. The molecule has 0 amide bonds. The molecule has 1 saturated carbocycles. The minimum atomic E-state index is -0.780. The number of rotatable bonds is 7. The van der Waals surface area contributed by atoms with E-state index in [4.69, 9.17) is 0 Å². The topological polar surface area (TPSA) is 0 Å². The second kappa shape index (κ2) is 46.7. The zero-order valence-corrected chi connectivity index (χ0v) is 24.1. The summed E-state index contributed by atoms with van der Waals surface area (Å²) in [5, 5.41) is 0. The van der Waals surface area contributed by atoms with Crippen molar-refractivity contribution in [3.8, 4) is 0 Å². The van der Waals surface area contributed by atoms with Crippen molar-refractivity contribution >= 4 is 0 Å². The monoisotopic (exact) mass is 435 g/mol. The van der Waals surface area contributed by atoms with E-state index in [0.717, 1.165) is 31.6 Å². The fraction of sp³-hybridized carbons (Fsp3) is 0.931. The Morgan fingerprint density at radius 2 is 1.07 bits per heavy atom. The minimum Gasteiger partial charge on any atom is -0.244 e. The highest BCUT2D eigenvalue weighted by Gasteiger charge is 2.28. The molecule has 0 heterocycles. The van der Waals surface area contributed by atoms with Crippen LogP contribution in [0.1, 0.15) is 167 Å². The van der Waals surface area contributed by atoms with Crippen LogP contribution in [-0.2, 0) is 0 Å². The SMILES string of the molecule is C=C.CC.CC.CC.CCC.CCC1(F)CCCCC1.CCCCCC(CC)CC. The summed E-state index contributed by atoms with van der Waals surface area (Å²) in [7, 11) is 0. The lowest BCUT2D eigenvalue weighted by Gasteiger charge is -2.27. The Morgan fingerprint density at radius 3 is 1.30 bits per heavy atom. The van der Waals surface area contributed by atoms with Crippen LogP contribution in [0.3, 0.4) is 0 Å². The maximum absolute atomic E-state index is 13.3. The summed E-state index contributed by atoms with van der Waals surface area (Å²) < 4.78 is 13.3. The molecule has 0 bridgehead atoms. The van der Waals surface area contributed by atoms with Crippen molar-refractivity contribution < 1.29 is 4.39 Å². The van der Waals surface area contributed by atoms with Gasteiger partial charge in [0.1, 0.15) is 5.67 Å². The first-order valence-electron chi connectivity index (χ1n) is 13.7. The van der Waals surface area contributed by atoms with E-state index in [9.17, 15) is 4.39 Å². The van der Waals surface area contributed by atoms with Crippen LogP contribution in [0.15, 0.2) is 13.2 Å². The quantitative estimate of drug-likeness (QED) is 0.276. The molecule has 0 spiro atoms. The van der Waals surface area contributed by atoms with Crippen molar-refractivity contribution in [3.63, 3.8) is 0 Å².